The third-order valence-electron chi connectivity index (χ3n) is 20.5. The number of fused-ring (bicyclic) bond motifs is 8. The quantitative estimate of drug-likeness (QED) is 0.0405. The minimum Gasteiger partial charge on any atom is -0.466 e. The highest BCUT2D eigenvalue weighted by molar-refractivity contribution is 5.88. The molecule has 0 spiro atoms. The van der Waals surface area contributed by atoms with E-state index in [4.69, 9.17) is 23.7 Å². The van der Waals surface area contributed by atoms with Crippen LogP contribution in [0.25, 0.3) is 0 Å². The van der Waals surface area contributed by atoms with Gasteiger partial charge in [0.15, 0.2) is 0 Å². The van der Waals surface area contributed by atoms with E-state index < -0.39 is 0 Å². The number of benzene rings is 1. The van der Waals surface area contributed by atoms with E-state index in [1.54, 1.807) is 66.2 Å². The zero-order chi connectivity index (χ0) is 67.3. The van der Waals surface area contributed by atoms with Gasteiger partial charge in [-0.1, -0.05) is 188 Å². The van der Waals surface area contributed by atoms with Gasteiger partial charge in [0.2, 0.25) is 0 Å². The molecule has 0 radical (unpaired) electrons. The molecule has 8 aliphatic rings. The molecule has 0 heterocycles. The highest BCUT2D eigenvalue weighted by Crippen LogP contribution is 2.55. The van der Waals surface area contributed by atoms with Crippen LogP contribution >= 0.6 is 0 Å². The summed E-state index contributed by atoms with van der Waals surface area (Å²) in [4.78, 5) is 44.0. The fourth-order valence-corrected chi connectivity index (χ4v) is 15.9. The van der Waals surface area contributed by atoms with Crippen LogP contribution in [-0.4, -0.2) is 76.2 Å². The summed E-state index contributed by atoms with van der Waals surface area (Å²) in [6.07, 6.45) is 33.9. The minimum atomic E-state index is -0.348. The van der Waals surface area contributed by atoms with Crippen molar-refractivity contribution in [2.24, 2.45) is 82.9 Å². The van der Waals surface area contributed by atoms with Gasteiger partial charge in [-0.25, -0.2) is 19.2 Å². The van der Waals surface area contributed by atoms with Crippen LogP contribution in [-0.2, 0) is 47.6 Å². The molecule has 0 amide bonds. The molecule has 8 saturated carbocycles. The molecule has 0 aliphatic heterocycles. The summed E-state index contributed by atoms with van der Waals surface area (Å²) in [7, 11) is 1.33. The Morgan fingerprint density at radius 2 is 0.833 bits per heavy atom. The van der Waals surface area contributed by atoms with Crippen molar-refractivity contribution in [3.05, 3.63) is 84.0 Å². The number of methoxy groups -OCH3 is 1. The van der Waals surface area contributed by atoms with Gasteiger partial charge in [-0.2, -0.15) is 0 Å². The van der Waals surface area contributed by atoms with Crippen molar-refractivity contribution in [3.63, 3.8) is 0 Å². The Hall–Kier alpha value is -4.02. The molecule has 8 bridgehead atoms. The lowest BCUT2D eigenvalue weighted by molar-refractivity contribution is -0.148. The number of hydrogen-bond donors (Lipinski definition) is 0. The number of esters is 4. The molecule has 16 atom stereocenters. The molecule has 8 aliphatic carbocycles. The van der Waals surface area contributed by atoms with Crippen molar-refractivity contribution in [2.75, 3.05) is 40.1 Å². The summed E-state index contributed by atoms with van der Waals surface area (Å²) in [5.74, 6) is 12.4. The fraction of sp³-hybridized carbons (Fsp3) is 0.775. The number of aryl methyl sites for hydroxylation is 2. The molecule has 516 valence electrons. The first kappa shape index (κ1) is 82.1. The lowest BCUT2D eigenvalue weighted by Crippen LogP contribution is -2.29. The Labute approximate surface area is 552 Å². The van der Waals surface area contributed by atoms with Crippen molar-refractivity contribution in [1.29, 1.82) is 0 Å². The monoisotopic (exact) mass is 1260 g/mol. The van der Waals surface area contributed by atoms with E-state index in [0.29, 0.717) is 47.3 Å². The second-order valence-electron chi connectivity index (χ2n) is 28.8. The number of unbranched alkanes of at least 4 members (excludes halogenated alkanes) is 2. The van der Waals surface area contributed by atoms with Crippen molar-refractivity contribution in [1.82, 2.24) is 0 Å². The molecule has 9 rings (SSSR count). The Balaban J connectivity index is 0.000000356. The molecule has 0 saturated heterocycles. The van der Waals surface area contributed by atoms with Crippen LogP contribution in [0.15, 0.2) is 72.9 Å². The second-order valence-corrected chi connectivity index (χ2v) is 28.8. The van der Waals surface area contributed by atoms with Gasteiger partial charge >= 0.3 is 23.9 Å². The molecular formula is C80H136O10. The Kier molecular flexibility index (Phi) is 42.1. The van der Waals surface area contributed by atoms with Crippen LogP contribution in [0.3, 0.4) is 0 Å². The second kappa shape index (κ2) is 46.1. The van der Waals surface area contributed by atoms with Gasteiger partial charge in [0, 0.05) is 42.1 Å². The number of carbonyl (C=O) groups is 4. The number of carbonyl (C=O) groups excluding carboxylic acids is 4. The number of hydrogen-bond acceptors (Lipinski definition) is 10. The molecular weight excluding hydrogens is 1120 g/mol. The maximum atomic E-state index is 11.5. The molecule has 10 nitrogen and oxygen atoms in total. The smallest absolute Gasteiger partial charge is 0.333 e. The van der Waals surface area contributed by atoms with Gasteiger partial charge in [0.1, 0.15) is 18.8 Å². The van der Waals surface area contributed by atoms with E-state index in [9.17, 15) is 19.2 Å². The third-order valence-corrected chi connectivity index (χ3v) is 20.5. The van der Waals surface area contributed by atoms with E-state index in [0.717, 1.165) is 123 Å². The van der Waals surface area contributed by atoms with Gasteiger partial charge < -0.3 is 28.4 Å². The van der Waals surface area contributed by atoms with E-state index in [-0.39, 0.29) is 36.1 Å². The molecule has 90 heavy (non-hydrogen) atoms. The summed E-state index contributed by atoms with van der Waals surface area (Å²) in [5.41, 5.74) is 4.56. The van der Waals surface area contributed by atoms with Gasteiger partial charge in [0.25, 0.3) is 0 Å². The number of rotatable bonds is 25. The average Bonchev–Trinajstić information content (AvgIpc) is 1.86. The fourth-order valence-electron chi connectivity index (χ4n) is 15.9. The zero-order valence-electron chi connectivity index (χ0n) is 60.7. The van der Waals surface area contributed by atoms with Gasteiger partial charge in [0.05, 0.1) is 13.7 Å². The summed E-state index contributed by atoms with van der Waals surface area (Å²) in [6, 6.07) is 8.48. The molecule has 10 heteroatoms. The molecule has 1 aromatic rings. The minimum absolute atomic E-state index is 0.180. The average molecular weight is 1260 g/mol. The van der Waals surface area contributed by atoms with Crippen LogP contribution in [0.1, 0.15) is 262 Å². The van der Waals surface area contributed by atoms with Gasteiger partial charge in [-0.05, 0) is 221 Å². The standard InChI is InChI=1S/2C14H22O2.2C11H20.C10H18O3.C8H10.C7H16O.C5H8O2/c1-4-5-11-6-10-7-12(11)13(8-10)16-14(15)9(2)3;1-4-5-10-6-12-7-11(10)8-13(12)16-14(15)9(2)3;1-3-4-10-6-9-5-8(2)11(10)7-9;1-3-4-9-6-10-7-11(9)5-8(10)2;1-4-5-6-12-7-8-13-10(11)9(2)3;1-7-3-5-8(2)6-4-7;1-3-5-7-8-6-4-2;1-4(2)5(6)7-3/h2*10-13H,2,4-8H2,1,3H3;2*8-11H,3-7H2,1-2H3;2,4-8H2,1,3H3;3-6H,1-2H3;3-7H2,1-2H3;1H2,2-3H3. The maximum absolute atomic E-state index is 11.5. The summed E-state index contributed by atoms with van der Waals surface area (Å²) >= 11 is 0. The van der Waals surface area contributed by atoms with Gasteiger partial charge in [-0.15, -0.1) is 0 Å². The van der Waals surface area contributed by atoms with Crippen LogP contribution in [0.4, 0.5) is 0 Å². The van der Waals surface area contributed by atoms with Crippen molar-refractivity contribution in [2.45, 2.75) is 277 Å². The number of ether oxygens (including phenoxy) is 6. The molecule has 8 fully saturated rings. The zero-order valence-corrected chi connectivity index (χ0v) is 60.7. The first-order valence-corrected chi connectivity index (χ1v) is 36.4. The largest absolute Gasteiger partial charge is 0.466 e. The topological polar surface area (TPSA) is 124 Å². The lowest BCUT2D eigenvalue weighted by Gasteiger charge is -2.29. The van der Waals surface area contributed by atoms with E-state index in [2.05, 4.69) is 131 Å². The maximum Gasteiger partial charge on any atom is 0.333 e. The predicted octanol–water partition coefficient (Wildman–Crippen LogP) is 20.8. The molecule has 0 N–H and O–H groups in total. The van der Waals surface area contributed by atoms with Crippen molar-refractivity contribution >= 4 is 23.9 Å². The third kappa shape index (κ3) is 30.8. The highest BCUT2D eigenvalue weighted by atomic mass is 16.6. The van der Waals surface area contributed by atoms with Crippen LogP contribution in [0, 0.1) is 96.7 Å². The van der Waals surface area contributed by atoms with Crippen LogP contribution < -0.4 is 0 Å². The highest BCUT2D eigenvalue weighted by Gasteiger charge is 2.49. The normalized spacial score (nSPS) is 28.5. The molecule has 0 aromatic heterocycles. The first-order valence-electron chi connectivity index (χ1n) is 36.4. The summed E-state index contributed by atoms with van der Waals surface area (Å²) in [6.45, 7) is 48.8. The van der Waals surface area contributed by atoms with Gasteiger partial charge in [-0.3, -0.25) is 0 Å². The Bertz CT molecular complexity index is 2180. The van der Waals surface area contributed by atoms with Crippen molar-refractivity contribution < 1.29 is 47.6 Å². The predicted molar refractivity (Wildman–Crippen MR) is 375 cm³/mol. The van der Waals surface area contributed by atoms with Crippen LogP contribution in [0.5, 0.6) is 0 Å². The molecule has 1 aromatic carbocycles. The summed E-state index contributed by atoms with van der Waals surface area (Å²) < 4.78 is 30.6. The SMILES string of the molecule is C=C(C)C(=O)OC.C=C(C)C(=O)OC1CC2CC(CCC)C1C2.C=C(C)C(=O)OC1CC2CC1CC2CCC.C=C(C)C(=O)OCCOCCCC.CCCC1CC2CC(C)C1C2.CCCC1CC2CC1CC2C.CCCCOCCC.Cc1ccc(C)cc1. The summed E-state index contributed by atoms with van der Waals surface area (Å²) in [5, 5.41) is 0. The van der Waals surface area contributed by atoms with Crippen LogP contribution in [0.2, 0.25) is 0 Å². The Morgan fingerprint density at radius 3 is 1.21 bits per heavy atom. The van der Waals surface area contributed by atoms with E-state index in [1.807, 2.05) is 0 Å². The van der Waals surface area contributed by atoms with E-state index in [1.165, 1.54) is 108 Å². The lowest BCUT2D eigenvalue weighted by atomic mass is 9.79. The van der Waals surface area contributed by atoms with Crippen molar-refractivity contribution in [3.8, 4) is 0 Å². The first-order chi connectivity index (χ1) is 42.9. The molecule has 16 unspecified atom stereocenters. The Morgan fingerprint density at radius 1 is 0.400 bits per heavy atom. The van der Waals surface area contributed by atoms with E-state index >= 15 is 0 Å².